The van der Waals surface area contributed by atoms with Crippen LogP contribution in [0.15, 0.2) is 53.4 Å². The summed E-state index contributed by atoms with van der Waals surface area (Å²) in [6.07, 6.45) is 0.145. The Morgan fingerprint density at radius 1 is 1.19 bits per heavy atom. The number of halogens is 1. The van der Waals surface area contributed by atoms with E-state index in [1.165, 1.54) is 24.3 Å². The zero-order chi connectivity index (χ0) is 19.2. The highest BCUT2D eigenvalue weighted by Crippen LogP contribution is 2.21. The van der Waals surface area contributed by atoms with E-state index in [0.717, 1.165) is 5.56 Å². The van der Waals surface area contributed by atoms with Gasteiger partial charge >= 0.3 is 0 Å². The van der Waals surface area contributed by atoms with E-state index < -0.39 is 10.0 Å². The van der Waals surface area contributed by atoms with Crippen molar-refractivity contribution in [3.63, 3.8) is 0 Å². The molecule has 26 heavy (non-hydrogen) atoms. The van der Waals surface area contributed by atoms with E-state index in [4.69, 9.17) is 5.73 Å². The SMILES string of the molecule is CC(CC(=O)Nc1cccc(S(=O)(=O)NCCN)c1)c1cccc(F)c1. The monoisotopic (exact) mass is 379 g/mol. The molecule has 8 heteroatoms. The summed E-state index contributed by atoms with van der Waals surface area (Å²) in [5, 5.41) is 2.68. The van der Waals surface area contributed by atoms with Gasteiger partial charge in [-0.3, -0.25) is 4.79 Å². The molecule has 0 aliphatic heterocycles. The number of hydrogen-bond acceptors (Lipinski definition) is 4. The predicted octanol–water partition coefficient (Wildman–Crippen LogP) is 2.20. The molecular weight excluding hydrogens is 357 g/mol. The Balaban J connectivity index is 2.04. The van der Waals surface area contributed by atoms with Crippen molar-refractivity contribution in [1.29, 1.82) is 0 Å². The molecule has 4 N–H and O–H groups in total. The number of nitrogens with two attached hydrogens (primary N) is 1. The summed E-state index contributed by atoms with van der Waals surface area (Å²) < 4.78 is 39.9. The first kappa shape index (κ1) is 20.0. The molecular formula is C18H22FN3O3S. The summed E-state index contributed by atoms with van der Waals surface area (Å²) >= 11 is 0. The minimum atomic E-state index is -3.67. The van der Waals surface area contributed by atoms with E-state index >= 15 is 0 Å². The average Bonchev–Trinajstić information content (AvgIpc) is 2.60. The van der Waals surface area contributed by atoms with Crippen LogP contribution in [0.3, 0.4) is 0 Å². The third-order valence-electron chi connectivity index (χ3n) is 3.77. The molecule has 1 amide bonds. The number of anilines is 1. The fourth-order valence-corrected chi connectivity index (χ4v) is 3.53. The average molecular weight is 379 g/mol. The lowest BCUT2D eigenvalue weighted by atomic mass is 9.97. The summed E-state index contributed by atoms with van der Waals surface area (Å²) in [6, 6.07) is 12.1. The van der Waals surface area contributed by atoms with Gasteiger partial charge in [0.25, 0.3) is 0 Å². The molecule has 0 saturated heterocycles. The smallest absolute Gasteiger partial charge is 0.240 e. The lowest BCUT2D eigenvalue weighted by Crippen LogP contribution is -2.29. The number of nitrogens with one attached hydrogen (secondary N) is 2. The van der Waals surface area contributed by atoms with Crippen LogP contribution in [-0.4, -0.2) is 27.4 Å². The van der Waals surface area contributed by atoms with Gasteiger partial charge in [0.2, 0.25) is 15.9 Å². The van der Waals surface area contributed by atoms with Crippen molar-refractivity contribution < 1.29 is 17.6 Å². The lowest BCUT2D eigenvalue weighted by Gasteiger charge is -2.13. The molecule has 0 fully saturated rings. The second-order valence-electron chi connectivity index (χ2n) is 5.92. The van der Waals surface area contributed by atoms with E-state index in [1.807, 2.05) is 6.92 Å². The maximum absolute atomic E-state index is 13.3. The normalized spacial score (nSPS) is 12.6. The molecule has 2 rings (SSSR count). The highest BCUT2D eigenvalue weighted by molar-refractivity contribution is 7.89. The Morgan fingerprint density at radius 2 is 1.92 bits per heavy atom. The van der Waals surface area contributed by atoms with Gasteiger partial charge in [-0.25, -0.2) is 17.5 Å². The minimum Gasteiger partial charge on any atom is -0.329 e. The van der Waals surface area contributed by atoms with Crippen molar-refractivity contribution in [2.75, 3.05) is 18.4 Å². The van der Waals surface area contributed by atoms with Crippen LogP contribution < -0.4 is 15.8 Å². The number of rotatable bonds is 8. The Labute approximate surface area is 152 Å². The zero-order valence-corrected chi connectivity index (χ0v) is 15.2. The Hall–Kier alpha value is -2.29. The summed E-state index contributed by atoms with van der Waals surface area (Å²) in [5.41, 5.74) is 6.40. The third-order valence-corrected chi connectivity index (χ3v) is 5.23. The first-order chi connectivity index (χ1) is 12.3. The zero-order valence-electron chi connectivity index (χ0n) is 14.4. The number of carbonyl (C=O) groups is 1. The van der Waals surface area contributed by atoms with E-state index in [0.29, 0.717) is 5.69 Å². The topological polar surface area (TPSA) is 101 Å². The summed E-state index contributed by atoms with van der Waals surface area (Å²) in [6.45, 7) is 2.14. The van der Waals surface area contributed by atoms with Crippen LogP contribution in [0.1, 0.15) is 24.8 Å². The molecule has 0 saturated carbocycles. The second-order valence-corrected chi connectivity index (χ2v) is 7.69. The number of amides is 1. The van der Waals surface area contributed by atoms with Crippen molar-refractivity contribution in [1.82, 2.24) is 4.72 Å². The third kappa shape index (κ3) is 5.62. The Morgan fingerprint density at radius 3 is 2.62 bits per heavy atom. The van der Waals surface area contributed by atoms with Crippen LogP contribution >= 0.6 is 0 Å². The van der Waals surface area contributed by atoms with Gasteiger partial charge in [0.15, 0.2) is 0 Å². The van der Waals surface area contributed by atoms with Gasteiger partial charge in [0, 0.05) is 25.2 Å². The first-order valence-corrected chi connectivity index (χ1v) is 9.65. The van der Waals surface area contributed by atoms with Crippen molar-refractivity contribution in [2.45, 2.75) is 24.2 Å². The lowest BCUT2D eigenvalue weighted by molar-refractivity contribution is -0.116. The van der Waals surface area contributed by atoms with Gasteiger partial charge in [-0.1, -0.05) is 25.1 Å². The van der Waals surface area contributed by atoms with Crippen LogP contribution in [0, 0.1) is 5.82 Å². The molecule has 0 radical (unpaired) electrons. The molecule has 0 aromatic heterocycles. The molecule has 2 aromatic rings. The number of carbonyl (C=O) groups excluding carboxylic acids is 1. The maximum atomic E-state index is 13.3. The van der Waals surface area contributed by atoms with Gasteiger partial charge in [-0.15, -0.1) is 0 Å². The van der Waals surface area contributed by atoms with Crippen LogP contribution in [0.4, 0.5) is 10.1 Å². The maximum Gasteiger partial charge on any atom is 0.240 e. The summed E-state index contributed by atoms with van der Waals surface area (Å²) in [4.78, 5) is 12.3. The van der Waals surface area contributed by atoms with Crippen molar-refractivity contribution in [3.05, 3.63) is 59.9 Å². The Bertz CT molecular complexity index is 871. The highest BCUT2D eigenvalue weighted by atomic mass is 32.2. The van der Waals surface area contributed by atoms with Gasteiger partial charge in [-0.2, -0.15) is 0 Å². The highest BCUT2D eigenvalue weighted by Gasteiger charge is 2.15. The van der Waals surface area contributed by atoms with E-state index in [1.54, 1.807) is 24.3 Å². The van der Waals surface area contributed by atoms with Crippen LogP contribution in [0.5, 0.6) is 0 Å². The fourth-order valence-electron chi connectivity index (χ4n) is 2.44. The fraction of sp³-hybridized carbons (Fsp3) is 0.278. The first-order valence-electron chi connectivity index (χ1n) is 8.17. The van der Waals surface area contributed by atoms with E-state index in [-0.39, 0.29) is 42.0 Å². The largest absolute Gasteiger partial charge is 0.329 e. The number of benzene rings is 2. The molecule has 2 aromatic carbocycles. The molecule has 140 valence electrons. The van der Waals surface area contributed by atoms with Gasteiger partial charge in [-0.05, 0) is 41.8 Å². The molecule has 6 nitrogen and oxygen atoms in total. The summed E-state index contributed by atoms with van der Waals surface area (Å²) in [7, 11) is -3.67. The Kier molecular flexibility index (Phi) is 6.84. The van der Waals surface area contributed by atoms with Crippen LogP contribution in [0.2, 0.25) is 0 Å². The quantitative estimate of drug-likeness (QED) is 0.654. The van der Waals surface area contributed by atoms with Crippen LogP contribution in [-0.2, 0) is 14.8 Å². The number of hydrogen-bond donors (Lipinski definition) is 3. The van der Waals surface area contributed by atoms with Crippen molar-refractivity contribution in [3.8, 4) is 0 Å². The summed E-state index contributed by atoms with van der Waals surface area (Å²) in [5.74, 6) is -0.812. The van der Waals surface area contributed by atoms with Gasteiger partial charge in [0.05, 0.1) is 4.90 Å². The van der Waals surface area contributed by atoms with Gasteiger partial charge in [0.1, 0.15) is 5.82 Å². The number of sulfonamides is 1. The molecule has 0 bridgehead atoms. The van der Waals surface area contributed by atoms with E-state index in [2.05, 4.69) is 10.0 Å². The minimum absolute atomic E-state index is 0.0435. The van der Waals surface area contributed by atoms with Crippen molar-refractivity contribution in [2.24, 2.45) is 5.73 Å². The van der Waals surface area contributed by atoms with Gasteiger partial charge < -0.3 is 11.1 Å². The molecule has 1 unspecified atom stereocenters. The molecule has 0 aliphatic rings. The van der Waals surface area contributed by atoms with Crippen molar-refractivity contribution >= 4 is 21.6 Å². The second kappa shape index (κ2) is 8.88. The molecule has 0 aliphatic carbocycles. The van der Waals surface area contributed by atoms with E-state index in [9.17, 15) is 17.6 Å². The standard InChI is InChI=1S/C18H22FN3O3S/c1-13(14-4-2-5-15(19)11-14)10-18(23)22-16-6-3-7-17(12-16)26(24,25)21-9-8-20/h2-7,11-13,21H,8-10,20H2,1H3,(H,22,23). The molecule has 1 atom stereocenters. The molecule has 0 spiro atoms. The molecule has 0 heterocycles. The van der Waals surface area contributed by atoms with Crippen LogP contribution in [0.25, 0.3) is 0 Å². The predicted molar refractivity (Wildman–Crippen MR) is 98.7 cm³/mol.